The number of halogens is 1. The second kappa shape index (κ2) is 7.43. The van der Waals surface area contributed by atoms with Crippen LogP contribution in [0.25, 0.3) is 22.6 Å². The lowest BCUT2D eigenvalue weighted by molar-refractivity contribution is 0.270. The zero-order chi connectivity index (χ0) is 17.9. The third kappa shape index (κ3) is 3.43. The quantitative estimate of drug-likeness (QED) is 0.765. The lowest BCUT2D eigenvalue weighted by Gasteiger charge is -2.34. The number of likely N-dealkylation sites (N-methyl/N-ethyl adjacent to an activating group) is 1. The molecule has 4 rings (SSSR count). The number of nitrogens with zero attached hydrogens (tertiary/aromatic N) is 5. The lowest BCUT2D eigenvalue weighted by Crippen LogP contribution is -2.46. The Labute approximate surface area is 157 Å². The first-order chi connectivity index (χ1) is 12.7. The normalized spacial score (nSPS) is 15.4. The number of hydrogen-bond acceptors (Lipinski definition) is 5. The summed E-state index contributed by atoms with van der Waals surface area (Å²) in [5.41, 5.74) is 2.74. The van der Waals surface area contributed by atoms with Crippen LogP contribution >= 0.6 is 11.6 Å². The molecule has 0 radical (unpaired) electrons. The monoisotopic (exact) mass is 368 g/mol. The van der Waals surface area contributed by atoms with Crippen LogP contribution in [-0.2, 0) is 0 Å². The Kier molecular flexibility index (Phi) is 4.86. The SMILES string of the molecule is CCN1CCN(c2ncc(-c3ncc[nH]3)c(-c3ccc(Cl)cc3)n2)CC1. The van der Waals surface area contributed by atoms with Crippen LogP contribution in [0.3, 0.4) is 0 Å². The molecule has 1 aliphatic rings. The second-order valence-corrected chi connectivity index (χ2v) is 6.73. The van der Waals surface area contributed by atoms with Crippen LogP contribution in [0.4, 0.5) is 5.95 Å². The molecule has 0 amide bonds. The highest BCUT2D eigenvalue weighted by atomic mass is 35.5. The van der Waals surface area contributed by atoms with Crippen LogP contribution in [0.2, 0.25) is 5.02 Å². The number of H-pyrrole nitrogens is 1. The Morgan fingerprint density at radius 2 is 1.85 bits per heavy atom. The number of aromatic amines is 1. The number of rotatable bonds is 4. The molecule has 1 saturated heterocycles. The van der Waals surface area contributed by atoms with Gasteiger partial charge in [0.25, 0.3) is 0 Å². The van der Waals surface area contributed by atoms with Gasteiger partial charge in [0.2, 0.25) is 5.95 Å². The summed E-state index contributed by atoms with van der Waals surface area (Å²) >= 11 is 6.05. The molecule has 1 fully saturated rings. The molecule has 0 saturated carbocycles. The standard InChI is InChI=1S/C19H21ClN6/c1-2-25-9-11-26(12-10-25)19-23-13-16(18-21-7-8-22-18)17(24-19)14-3-5-15(20)6-4-14/h3-8,13H,2,9-12H2,1H3,(H,21,22). The maximum absolute atomic E-state index is 6.05. The van der Waals surface area contributed by atoms with E-state index in [0.717, 1.165) is 61.3 Å². The molecule has 0 unspecified atom stereocenters. The molecule has 1 N–H and O–H groups in total. The predicted octanol–water partition coefficient (Wildman–Crippen LogP) is 3.33. The van der Waals surface area contributed by atoms with Crippen LogP contribution in [0.1, 0.15) is 6.92 Å². The Hall–Kier alpha value is -2.44. The molecular formula is C19H21ClN6. The van der Waals surface area contributed by atoms with Gasteiger partial charge in [-0.1, -0.05) is 30.7 Å². The maximum Gasteiger partial charge on any atom is 0.225 e. The first-order valence-corrected chi connectivity index (χ1v) is 9.22. The van der Waals surface area contributed by atoms with Gasteiger partial charge in [-0.3, -0.25) is 0 Å². The van der Waals surface area contributed by atoms with Crippen molar-refractivity contribution in [3.8, 4) is 22.6 Å². The fraction of sp³-hybridized carbons (Fsp3) is 0.316. The summed E-state index contributed by atoms with van der Waals surface area (Å²) in [6.07, 6.45) is 5.40. The fourth-order valence-corrected chi connectivity index (χ4v) is 3.33. The fourth-order valence-electron chi connectivity index (χ4n) is 3.20. The van der Waals surface area contributed by atoms with Gasteiger partial charge in [0, 0.05) is 55.4 Å². The Bertz CT molecular complexity index is 854. The molecule has 3 aromatic rings. The van der Waals surface area contributed by atoms with E-state index in [-0.39, 0.29) is 0 Å². The summed E-state index contributed by atoms with van der Waals surface area (Å²) in [7, 11) is 0. The number of nitrogens with one attached hydrogen (secondary N) is 1. The van der Waals surface area contributed by atoms with Gasteiger partial charge in [-0.15, -0.1) is 0 Å². The molecule has 0 spiro atoms. The van der Waals surface area contributed by atoms with E-state index in [9.17, 15) is 0 Å². The van der Waals surface area contributed by atoms with Crippen molar-refractivity contribution in [3.63, 3.8) is 0 Å². The average molecular weight is 369 g/mol. The number of anilines is 1. The van der Waals surface area contributed by atoms with Gasteiger partial charge in [0.05, 0.1) is 11.3 Å². The van der Waals surface area contributed by atoms with E-state index >= 15 is 0 Å². The molecule has 0 atom stereocenters. The van der Waals surface area contributed by atoms with Crippen molar-refractivity contribution < 1.29 is 0 Å². The van der Waals surface area contributed by atoms with Crippen molar-refractivity contribution in [2.24, 2.45) is 0 Å². The second-order valence-electron chi connectivity index (χ2n) is 6.30. The highest BCUT2D eigenvalue weighted by Crippen LogP contribution is 2.30. The highest BCUT2D eigenvalue weighted by molar-refractivity contribution is 6.30. The van der Waals surface area contributed by atoms with Crippen molar-refractivity contribution >= 4 is 17.5 Å². The Morgan fingerprint density at radius 1 is 1.08 bits per heavy atom. The zero-order valence-corrected chi connectivity index (χ0v) is 15.4. The van der Waals surface area contributed by atoms with Crippen LogP contribution in [0.15, 0.2) is 42.9 Å². The zero-order valence-electron chi connectivity index (χ0n) is 14.7. The minimum absolute atomic E-state index is 0.707. The molecule has 134 valence electrons. The average Bonchev–Trinajstić information content (AvgIpc) is 3.23. The van der Waals surface area contributed by atoms with Gasteiger partial charge < -0.3 is 14.8 Å². The minimum atomic E-state index is 0.707. The van der Waals surface area contributed by atoms with Crippen LogP contribution < -0.4 is 4.90 Å². The van der Waals surface area contributed by atoms with Crippen molar-refractivity contribution in [1.29, 1.82) is 0 Å². The smallest absolute Gasteiger partial charge is 0.225 e. The van der Waals surface area contributed by atoms with Gasteiger partial charge in [0.15, 0.2) is 0 Å². The number of piperazine rings is 1. The summed E-state index contributed by atoms with van der Waals surface area (Å²) in [5.74, 6) is 1.53. The van der Waals surface area contributed by atoms with Crippen LogP contribution in [0.5, 0.6) is 0 Å². The summed E-state index contributed by atoms with van der Waals surface area (Å²) in [5, 5.41) is 0.707. The molecule has 1 aromatic carbocycles. The predicted molar refractivity (Wildman–Crippen MR) is 104 cm³/mol. The summed E-state index contributed by atoms with van der Waals surface area (Å²) in [6, 6.07) is 7.72. The van der Waals surface area contributed by atoms with Gasteiger partial charge in [0.1, 0.15) is 5.82 Å². The molecule has 0 bridgehead atoms. The van der Waals surface area contributed by atoms with E-state index in [1.807, 2.05) is 30.5 Å². The number of imidazole rings is 1. The van der Waals surface area contributed by atoms with E-state index in [0.29, 0.717) is 5.02 Å². The molecule has 7 heteroatoms. The van der Waals surface area contributed by atoms with E-state index in [2.05, 4.69) is 31.7 Å². The summed E-state index contributed by atoms with van der Waals surface area (Å²) < 4.78 is 0. The first kappa shape index (κ1) is 17.0. The number of aromatic nitrogens is 4. The Morgan fingerprint density at radius 3 is 2.50 bits per heavy atom. The van der Waals surface area contributed by atoms with E-state index in [4.69, 9.17) is 16.6 Å². The topological polar surface area (TPSA) is 60.9 Å². The van der Waals surface area contributed by atoms with Gasteiger partial charge in [-0.2, -0.15) is 0 Å². The van der Waals surface area contributed by atoms with E-state index in [1.54, 1.807) is 12.4 Å². The van der Waals surface area contributed by atoms with E-state index < -0.39 is 0 Å². The lowest BCUT2D eigenvalue weighted by atomic mass is 10.1. The van der Waals surface area contributed by atoms with Gasteiger partial charge >= 0.3 is 0 Å². The third-order valence-corrected chi connectivity index (χ3v) is 5.00. The Balaban J connectivity index is 1.72. The minimum Gasteiger partial charge on any atom is -0.345 e. The van der Waals surface area contributed by atoms with E-state index in [1.165, 1.54) is 0 Å². The number of benzene rings is 1. The summed E-state index contributed by atoms with van der Waals surface area (Å²) in [6.45, 7) is 7.24. The molecule has 26 heavy (non-hydrogen) atoms. The summed E-state index contributed by atoms with van der Waals surface area (Å²) in [4.78, 5) is 21.7. The van der Waals surface area contributed by atoms with Crippen molar-refractivity contribution in [2.75, 3.05) is 37.6 Å². The molecule has 3 heterocycles. The van der Waals surface area contributed by atoms with Crippen molar-refractivity contribution in [1.82, 2.24) is 24.8 Å². The van der Waals surface area contributed by atoms with Crippen LogP contribution in [-0.4, -0.2) is 57.6 Å². The first-order valence-electron chi connectivity index (χ1n) is 8.84. The molecule has 6 nitrogen and oxygen atoms in total. The van der Waals surface area contributed by atoms with Crippen molar-refractivity contribution in [3.05, 3.63) is 47.9 Å². The largest absolute Gasteiger partial charge is 0.345 e. The molecule has 1 aliphatic heterocycles. The third-order valence-electron chi connectivity index (χ3n) is 4.75. The van der Waals surface area contributed by atoms with Crippen molar-refractivity contribution in [2.45, 2.75) is 6.92 Å². The molecular weight excluding hydrogens is 348 g/mol. The molecule has 2 aromatic heterocycles. The highest BCUT2D eigenvalue weighted by Gasteiger charge is 2.20. The molecule has 0 aliphatic carbocycles. The van der Waals surface area contributed by atoms with Gasteiger partial charge in [-0.25, -0.2) is 15.0 Å². The van der Waals surface area contributed by atoms with Crippen LogP contribution in [0, 0.1) is 0 Å². The van der Waals surface area contributed by atoms with Gasteiger partial charge in [-0.05, 0) is 18.7 Å². The maximum atomic E-state index is 6.05. The number of hydrogen-bond donors (Lipinski definition) is 1.